The van der Waals surface area contributed by atoms with Crippen molar-refractivity contribution in [2.75, 3.05) is 26.2 Å². The molecule has 1 aromatic carbocycles. The molecule has 7 heteroatoms. The molecular formula is C21H23ClN6. The van der Waals surface area contributed by atoms with Crippen LogP contribution < -0.4 is 0 Å². The summed E-state index contributed by atoms with van der Waals surface area (Å²) in [7, 11) is 0. The molecule has 2 aromatic heterocycles. The highest BCUT2D eigenvalue weighted by Gasteiger charge is 2.18. The number of halogens is 1. The third kappa shape index (κ3) is 4.70. The summed E-state index contributed by atoms with van der Waals surface area (Å²) in [6.07, 6.45) is 8.76. The Kier molecular flexibility index (Phi) is 5.90. The van der Waals surface area contributed by atoms with Gasteiger partial charge in [-0.15, -0.1) is 0 Å². The van der Waals surface area contributed by atoms with Crippen molar-refractivity contribution in [3.63, 3.8) is 0 Å². The Balaban J connectivity index is 1.29. The van der Waals surface area contributed by atoms with Crippen LogP contribution in [0, 0.1) is 6.92 Å². The van der Waals surface area contributed by atoms with Crippen LogP contribution in [0.1, 0.15) is 16.7 Å². The second-order valence-corrected chi connectivity index (χ2v) is 7.60. The van der Waals surface area contributed by atoms with Gasteiger partial charge in [0.05, 0.1) is 5.56 Å². The van der Waals surface area contributed by atoms with Crippen LogP contribution in [0.3, 0.4) is 0 Å². The van der Waals surface area contributed by atoms with E-state index in [1.54, 1.807) is 12.4 Å². The van der Waals surface area contributed by atoms with Gasteiger partial charge in [-0.3, -0.25) is 9.80 Å². The van der Waals surface area contributed by atoms with Crippen LogP contribution in [-0.4, -0.2) is 55.9 Å². The second kappa shape index (κ2) is 8.73. The van der Waals surface area contributed by atoms with Crippen LogP contribution in [-0.2, 0) is 13.1 Å². The van der Waals surface area contributed by atoms with Crippen LogP contribution >= 0.6 is 11.6 Å². The van der Waals surface area contributed by atoms with Crippen molar-refractivity contribution < 1.29 is 0 Å². The lowest BCUT2D eigenvalue weighted by atomic mass is 10.1. The molecule has 0 aliphatic carbocycles. The van der Waals surface area contributed by atoms with E-state index < -0.39 is 0 Å². The summed E-state index contributed by atoms with van der Waals surface area (Å²) in [5.74, 6) is 0.660. The lowest BCUT2D eigenvalue weighted by Crippen LogP contribution is -2.45. The first kappa shape index (κ1) is 18.9. The number of piperazine rings is 1. The number of rotatable bonds is 5. The number of hydrogen-bond acceptors (Lipinski definition) is 6. The molecule has 1 aliphatic rings. The lowest BCUT2D eigenvalue weighted by Gasteiger charge is -2.34. The molecule has 1 fully saturated rings. The first-order valence-corrected chi connectivity index (χ1v) is 9.81. The lowest BCUT2D eigenvalue weighted by molar-refractivity contribution is 0.121. The molecule has 0 saturated carbocycles. The second-order valence-electron chi connectivity index (χ2n) is 7.17. The van der Waals surface area contributed by atoms with Crippen LogP contribution in [0.15, 0.2) is 49.3 Å². The Hall–Kier alpha value is -2.41. The summed E-state index contributed by atoms with van der Waals surface area (Å²) in [5, 5.41) is 0.805. The molecule has 4 rings (SSSR count). The highest BCUT2D eigenvalue weighted by atomic mass is 35.5. The summed E-state index contributed by atoms with van der Waals surface area (Å²) in [4.78, 5) is 21.9. The van der Waals surface area contributed by atoms with Crippen molar-refractivity contribution in [1.29, 1.82) is 0 Å². The zero-order valence-corrected chi connectivity index (χ0v) is 16.7. The van der Waals surface area contributed by atoms with Gasteiger partial charge in [0.2, 0.25) is 0 Å². The topological polar surface area (TPSA) is 58.0 Å². The number of benzene rings is 1. The fraction of sp³-hybridized carbons (Fsp3) is 0.333. The average molecular weight is 395 g/mol. The standard InChI is InChI=1S/C21H23ClN6/c1-16-8-20(22)3-2-18(16)14-28-6-4-27(5-7-28)13-17-9-25-21(26-10-17)19-11-23-15-24-12-19/h2-3,8-12,15H,4-7,13-14H2,1H3. The molecule has 3 aromatic rings. The van der Waals surface area contributed by atoms with Gasteiger partial charge in [-0.25, -0.2) is 19.9 Å². The third-order valence-corrected chi connectivity index (χ3v) is 5.33. The molecule has 6 nitrogen and oxygen atoms in total. The van der Waals surface area contributed by atoms with Crippen LogP contribution in [0.5, 0.6) is 0 Å². The van der Waals surface area contributed by atoms with E-state index in [1.807, 2.05) is 24.5 Å². The highest BCUT2D eigenvalue weighted by Crippen LogP contribution is 2.18. The van der Waals surface area contributed by atoms with E-state index in [-0.39, 0.29) is 0 Å². The van der Waals surface area contributed by atoms with Gasteiger partial charge in [-0.1, -0.05) is 17.7 Å². The van der Waals surface area contributed by atoms with Gasteiger partial charge in [0.1, 0.15) is 6.33 Å². The van der Waals surface area contributed by atoms with E-state index in [2.05, 4.69) is 42.7 Å². The molecule has 0 radical (unpaired) electrons. The molecule has 0 spiro atoms. The molecular weight excluding hydrogens is 372 g/mol. The van der Waals surface area contributed by atoms with Crippen LogP contribution in [0.25, 0.3) is 11.4 Å². The maximum atomic E-state index is 6.06. The number of aryl methyl sites for hydroxylation is 1. The fourth-order valence-corrected chi connectivity index (χ4v) is 3.67. The van der Waals surface area contributed by atoms with Gasteiger partial charge in [-0.05, 0) is 30.2 Å². The maximum absolute atomic E-state index is 6.06. The predicted octanol–water partition coefficient (Wildman–Crippen LogP) is 3.21. The van der Waals surface area contributed by atoms with Gasteiger partial charge < -0.3 is 0 Å². The molecule has 0 atom stereocenters. The largest absolute Gasteiger partial charge is 0.297 e. The van der Waals surface area contributed by atoms with Gasteiger partial charge in [-0.2, -0.15) is 0 Å². The average Bonchev–Trinajstić information content (AvgIpc) is 2.73. The zero-order valence-electron chi connectivity index (χ0n) is 15.9. The highest BCUT2D eigenvalue weighted by molar-refractivity contribution is 6.30. The molecule has 0 bridgehead atoms. The predicted molar refractivity (Wildman–Crippen MR) is 110 cm³/mol. The van der Waals surface area contributed by atoms with Crippen molar-refractivity contribution in [2.24, 2.45) is 0 Å². The van der Waals surface area contributed by atoms with Gasteiger partial charge in [0.25, 0.3) is 0 Å². The summed E-state index contributed by atoms with van der Waals surface area (Å²) in [5.41, 5.74) is 4.57. The summed E-state index contributed by atoms with van der Waals surface area (Å²) < 4.78 is 0. The van der Waals surface area contributed by atoms with E-state index in [1.165, 1.54) is 17.5 Å². The minimum atomic E-state index is 0.660. The fourth-order valence-electron chi connectivity index (χ4n) is 3.44. The van der Waals surface area contributed by atoms with E-state index in [0.29, 0.717) is 5.82 Å². The molecule has 0 unspecified atom stereocenters. The minimum Gasteiger partial charge on any atom is -0.297 e. The number of hydrogen-bond donors (Lipinski definition) is 0. The molecule has 1 saturated heterocycles. The summed E-state index contributed by atoms with van der Waals surface area (Å²) in [6.45, 7) is 8.18. The normalized spacial score (nSPS) is 15.6. The number of nitrogens with zero attached hydrogens (tertiary/aromatic N) is 6. The Bertz CT molecular complexity index is 908. The Morgan fingerprint density at radius 2 is 1.54 bits per heavy atom. The smallest absolute Gasteiger partial charge is 0.162 e. The van der Waals surface area contributed by atoms with Crippen molar-refractivity contribution >= 4 is 11.6 Å². The maximum Gasteiger partial charge on any atom is 0.162 e. The van der Waals surface area contributed by atoms with E-state index in [4.69, 9.17) is 11.6 Å². The first-order chi connectivity index (χ1) is 13.7. The summed E-state index contributed by atoms with van der Waals surface area (Å²) in [6, 6.07) is 6.16. The third-order valence-electron chi connectivity index (χ3n) is 5.09. The molecule has 3 heterocycles. The monoisotopic (exact) mass is 394 g/mol. The van der Waals surface area contributed by atoms with Crippen molar-refractivity contribution in [3.05, 3.63) is 71.0 Å². The van der Waals surface area contributed by atoms with Crippen LogP contribution in [0.4, 0.5) is 0 Å². The van der Waals surface area contributed by atoms with Crippen molar-refractivity contribution in [3.8, 4) is 11.4 Å². The van der Waals surface area contributed by atoms with E-state index in [9.17, 15) is 0 Å². The molecule has 1 aliphatic heterocycles. The summed E-state index contributed by atoms with van der Waals surface area (Å²) >= 11 is 6.06. The van der Waals surface area contributed by atoms with Gasteiger partial charge >= 0.3 is 0 Å². The van der Waals surface area contributed by atoms with E-state index in [0.717, 1.165) is 55.4 Å². The van der Waals surface area contributed by atoms with E-state index >= 15 is 0 Å². The SMILES string of the molecule is Cc1cc(Cl)ccc1CN1CCN(Cc2cnc(-c3cncnc3)nc2)CC1. The Morgan fingerprint density at radius 3 is 2.18 bits per heavy atom. The van der Waals surface area contributed by atoms with Crippen molar-refractivity contribution in [1.82, 2.24) is 29.7 Å². The van der Waals surface area contributed by atoms with Gasteiger partial charge in [0, 0.05) is 74.6 Å². The minimum absolute atomic E-state index is 0.660. The first-order valence-electron chi connectivity index (χ1n) is 9.43. The molecule has 0 N–H and O–H groups in total. The van der Waals surface area contributed by atoms with Crippen molar-refractivity contribution in [2.45, 2.75) is 20.0 Å². The molecule has 144 valence electrons. The quantitative estimate of drug-likeness (QED) is 0.662. The van der Waals surface area contributed by atoms with Crippen LogP contribution in [0.2, 0.25) is 5.02 Å². The number of aromatic nitrogens is 4. The zero-order chi connectivity index (χ0) is 19.3. The Morgan fingerprint density at radius 1 is 0.893 bits per heavy atom. The Labute approximate surface area is 170 Å². The molecule has 0 amide bonds. The van der Waals surface area contributed by atoms with Gasteiger partial charge in [0.15, 0.2) is 5.82 Å². The molecule has 28 heavy (non-hydrogen) atoms.